The van der Waals surface area contributed by atoms with Gasteiger partial charge in [0.1, 0.15) is 5.75 Å². The molecule has 2 rings (SSSR count). The summed E-state index contributed by atoms with van der Waals surface area (Å²) in [5, 5.41) is 8.20. The zero-order chi connectivity index (χ0) is 9.97. The van der Waals surface area contributed by atoms with Crippen LogP contribution in [0.4, 0.5) is 0 Å². The van der Waals surface area contributed by atoms with E-state index in [4.69, 9.17) is 4.74 Å². The van der Waals surface area contributed by atoms with Crippen LogP contribution in [-0.2, 0) is 0 Å². The van der Waals surface area contributed by atoms with Crippen molar-refractivity contribution in [3.63, 3.8) is 0 Å². The lowest BCUT2D eigenvalue weighted by molar-refractivity contribution is 0.469. The fourth-order valence-electron chi connectivity index (χ4n) is 0.999. The van der Waals surface area contributed by atoms with Crippen LogP contribution in [0.1, 0.15) is 5.56 Å². The van der Waals surface area contributed by atoms with E-state index in [1.54, 1.807) is 0 Å². The first kappa shape index (κ1) is 9.61. The van der Waals surface area contributed by atoms with E-state index in [-0.39, 0.29) is 0 Å². The van der Waals surface area contributed by atoms with Crippen molar-refractivity contribution >= 4 is 27.3 Å². The van der Waals surface area contributed by atoms with E-state index in [0.29, 0.717) is 5.19 Å². The molecule has 0 saturated heterocycles. The van der Waals surface area contributed by atoms with Crippen molar-refractivity contribution < 1.29 is 4.74 Å². The van der Waals surface area contributed by atoms with Gasteiger partial charge in [0.25, 0.3) is 5.19 Å². The average molecular weight is 271 g/mol. The van der Waals surface area contributed by atoms with Crippen LogP contribution in [0.25, 0.3) is 0 Å². The number of halogens is 1. The maximum atomic E-state index is 5.54. The summed E-state index contributed by atoms with van der Waals surface area (Å²) in [5.74, 6) is 0.816. The maximum Gasteiger partial charge on any atom is 0.300 e. The van der Waals surface area contributed by atoms with Crippen LogP contribution < -0.4 is 4.74 Å². The first-order chi connectivity index (χ1) is 6.75. The fourth-order valence-corrected chi connectivity index (χ4v) is 1.93. The summed E-state index contributed by atoms with van der Waals surface area (Å²) in [6.07, 6.45) is 0. The summed E-state index contributed by atoms with van der Waals surface area (Å²) in [5.41, 5.74) is 1.08. The van der Waals surface area contributed by atoms with Gasteiger partial charge in [0, 0.05) is 0 Å². The van der Waals surface area contributed by atoms with Crippen LogP contribution in [0.5, 0.6) is 10.9 Å². The number of rotatable bonds is 2. The Morgan fingerprint density at radius 2 is 2.07 bits per heavy atom. The van der Waals surface area contributed by atoms with Gasteiger partial charge in [-0.15, -0.1) is 5.10 Å². The highest BCUT2D eigenvalue weighted by molar-refractivity contribution is 9.11. The van der Waals surface area contributed by atoms with Gasteiger partial charge in [0.05, 0.1) is 0 Å². The smallest absolute Gasteiger partial charge is 0.300 e. The van der Waals surface area contributed by atoms with Gasteiger partial charge in [-0.05, 0) is 45.8 Å². The molecule has 0 saturated carbocycles. The van der Waals surface area contributed by atoms with E-state index in [1.165, 1.54) is 11.3 Å². The van der Waals surface area contributed by atoms with Crippen molar-refractivity contribution in [2.75, 3.05) is 0 Å². The van der Waals surface area contributed by atoms with Crippen molar-refractivity contribution in [3.05, 3.63) is 33.7 Å². The minimum absolute atomic E-state index is 0.547. The molecule has 0 spiro atoms. The zero-order valence-electron chi connectivity index (χ0n) is 7.40. The predicted molar refractivity (Wildman–Crippen MR) is 58.9 cm³/mol. The van der Waals surface area contributed by atoms with Gasteiger partial charge in [-0.2, -0.15) is 0 Å². The monoisotopic (exact) mass is 270 g/mol. The highest BCUT2D eigenvalue weighted by Gasteiger charge is 2.05. The normalized spacial score (nSPS) is 10.1. The molecule has 72 valence electrons. The Morgan fingerprint density at radius 3 is 2.71 bits per heavy atom. The van der Waals surface area contributed by atoms with Gasteiger partial charge < -0.3 is 4.74 Å². The molecular weight excluding hydrogens is 264 g/mol. The Labute approximate surface area is 93.9 Å². The van der Waals surface area contributed by atoms with Gasteiger partial charge >= 0.3 is 0 Å². The highest BCUT2D eigenvalue weighted by Crippen LogP contribution is 2.28. The molecule has 1 aromatic carbocycles. The van der Waals surface area contributed by atoms with Crippen molar-refractivity contribution in [2.45, 2.75) is 6.92 Å². The molecule has 0 N–H and O–H groups in total. The van der Waals surface area contributed by atoms with Crippen LogP contribution >= 0.6 is 27.3 Å². The minimum atomic E-state index is 0.547. The second-order valence-electron chi connectivity index (χ2n) is 2.69. The van der Waals surface area contributed by atoms with Gasteiger partial charge in [-0.1, -0.05) is 23.3 Å². The summed E-state index contributed by atoms with van der Waals surface area (Å²) in [6.45, 7) is 1.99. The SMILES string of the molecule is Cc1ccccc1Oc1nnc(Br)s1. The Balaban J connectivity index is 2.23. The minimum Gasteiger partial charge on any atom is -0.430 e. The lowest BCUT2D eigenvalue weighted by Gasteiger charge is -2.03. The quantitative estimate of drug-likeness (QED) is 0.839. The molecular formula is C9H7BrN2OS. The van der Waals surface area contributed by atoms with E-state index in [9.17, 15) is 0 Å². The second kappa shape index (κ2) is 4.06. The van der Waals surface area contributed by atoms with Gasteiger partial charge in [-0.3, -0.25) is 0 Å². The van der Waals surface area contributed by atoms with E-state index in [2.05, 4.69) is 26.1 Å². The molecule has 2 aromatic rings. The number of aryl methyl sites for hydroxylation is 1. The lowest BCUT2D eigenvalue weighted by Crippen LogP contribution is -1.85. The first-order valence-electron chi connectivity index (χ1n) is 3.98. The third kappa shape index (κ3) is 2.10. The fraction of sp³-hybridized carbons (Fsp3) is 0.111. The highest BCUT2D eigenvalue weighted by atomic mass is 79.9. The molecule has 0 radical (unpaired) electrons. The summed E-state index contributed by atoms with van der Waals surface area (Å²) in [7, 11) is 0. The Hall–Kier alpha value is -0.940. The number of nitrogens with zero attached hydrogens (tertiary/aromatic N) is 2. The largest absolute Gasteiger partial charge is 0.430 e. The van der Waals surface area contributed by atoms with Crippen LogP contribution in [0.2, 0.25) is 0 Å². The van der Waals surface area contributed by atoms with Gasteiger partial charge in [-0.25, -0.2) is 0 Å². The predicted octanol–water partition coefficient (Wildman–Crippen LogP) is 3.40. The van der Waals surface area contributed by atoms with E-state index < -0.39 is 0 Å². The van der Waals surface area contributed by atoms with E-state index in [0.717, 1.165) is 15.2 Å². The topological polar surface area (TPSA) is 35.0 Å². The summed E-state index contributed by atoms with van der Waals surface area (Å²) in [4.78, 5) is 0. The summed E-state index contributed by atoms with van der Waals surface area (Å²) in [6, 6.07) is 7.80. The lowest BCUT2D eigenvalue weighted by atomic mass is 10.2. The Bertz CT molecular complexity index is 444. The molecule has 1 aromatic heterocycles. The number of ether oxygens (including phenoxy) is 1. The molecule has 1 heterocycles. The van der Waals surface area contributed by atoms with Crippen LogP contribution in [0, 0.1) is 6.92 Å². The van der Waals surface area contributed by atoms with Crippen molar-refractivity contribution in [3.8, 4) is 10.9 Å². The Kier molecular flexibility index (Phi) is 2.79. The maximum absolute atomic E-state index is 5.54. The molecule has 0 aliphatic heterocycles. The molecule has 5 heteroatoms. The molecule has 0 atom stereocenters. The molecule has 0 bridgehead atoms. The first-order valence-corrected chi connectivity index (χ1v) is 5.59. The Morgan fingerprint density at radius 1 is 1.29 bits per heavy atom. The molecule has 0 amide bonds. The molecule has 0 unspecified atom stereocenters. The standard InChI is InChI=1S/C9H7BrN2OS/c1-6-4-2-3-5-7(6)13-9-12-11-8(10)14-9/h2-5H,1H3. The van der Waals surface area contributed by atoms with Crippen LogP contribution in [0.15, 0.2) is 28.2 Å². The van der Waals surface area contributed by atoms with Crippen LogP contribution in [0.3, 0.4) is 0 Å². The molecule has 0 fully saturated rings. The second-order valence-corrected chi connectivity index (χ2v) is 4.90. The zero-order valence-corrected chi connectivity index (χ0v) is 9.80. The van der Waals surface area contributed by atoms with Crippen LogP contribution in [-0.4, -0.2) is 10.2 Å². The number of hydrogen-bond acceptors (Lipinski definition) is 4. The van der Waals surface area contributed by atoms with Crippen molar-refractivity contribution in [1.29, 1.82) is 0 Å². The number of aromatic nitrogens is 2. The number of hydrogen-bond donors (Lipinski definition) is 0. The average Bonchev–Trinajstić information content (AvgIpc) is 2.56. The van der Waals surface area contributed by atoms with Crippen molar-refractivity contribution in [1.82, 2.24) is 10.2 Å². The third-order valence-electron chi connectivity index (χ3n) is 1.67. The summed E-state index contributed by atoms with van der Waals surface area (Å²) >= 11 is 4.59. The number of para-hydroxylation sites is 1. The number of benzene rings is 1. The molecule has 14 heavy (non-hydrogen) atoms. The summed E-state index contributed by atoms with van der Waals surface area (Å²) < 4.78 is 6.27. The molecule has 0 aliphatic rings. The van der Waals surface area contributed by atoms with Gasteiger partial charge in [0.2, 0.25) is 0 Å². The third-order valence-corrected chi connectivity index (χ3v) is 2.91. The van der Waals surface area contributed by atoms with E-state index >= 15 is 0 Å². The molecule has 0 aliphatic carbocycles. The molecule has 3 nitrogen and oxygen atoms in total. The van der Waals surface area contributed by atoms with E-state index in [1.807, 2.05) is 31.2 Å². The van der Waals surface area contributed by atoms with Crippen molar-refractivity contribution in [2.24, 2.45) is 0 Å². The van der Waals surface area contributed by atoms with Gasteiger partial charge in [0.15, 0.2) is 3.92 Å².